The average molecular weight is 238 g/mol. The molecule has 0 N–H and O–H groups in total. The molecular formula is C11H6N6O. The Labute approximate surface area is 100 Å². The lowest BCUT2D eigenvalue weighted by Gasteiger charge is -1.98. The van der Waals surface area contributed by atoms with Crippen molar-refractivity contribution in [2.75, 3.05) is 0 Å². The van der Waals surface area contributed by atoms with Crippen LogP contribution in [0.15, 0.2) is 18.2 Å². The zero-order valence-electron chi connectivity index (χ0n) is 9.32. The number of carbonyl (C=O) groups is 1. The lowest BCUT2D eigenvalue weighted by molar-refractivity contribution is 0.103. The number of aromatic nitrogens is 6. The molecule has 0 unspecified atom stereocenters. The van der Waals surface area contributed by atoms with Gasteiger partial charge in [-0.15, -0.1) is 5.10 Å². The number of nitrogens with zero attached hydrogens (tertiary/aromatic N) is 6. The molecule has 0 amide bonds. The van der Waals surface area contributed by atoms with Crippen molar-refractivity contribution >= 4 is 11.6 Å². The molecule has 2 aromatic heterocycles. The first-order valence-corrected chi connectivity index (χ1v) is 5.36. The number of hydrogen-bond donors (Lipinski definition) is 0. The van der Waals surface area contributed by atoms with Crippen LogP contribution in [0.1, 0.15) is 21.6 Å². The number of tetrazole rings is 1. The van der Waals surface area contributed by atoms with Gasteiger partial charge in [0.2, 0.25) is 5.78 Å². The molecule has 0 saturated heterocycles. The molecule has 0 spiro atoms. The fourth-order valence-electron chi connectivity index (χ4n) is 2.12. The fourth-order valence-corrected chi connectivity index (χ4v) is 2.12. The highest BCUT2D eigenvalue weighted by atomic mass is 16.1. The van der Waals surface area contributed by atoms with Crippen LogP contribution < -0.4 is 0 Å². The van der Waals surface area contributed by atoms with Gasteiger partial charge in [0.1, 0.15) is 11.4 Å². The van der Waals surface area contributed by atoms with E-state index < -0.39 is 0 Å². The first-order valence-electron chi connectivity index (χ1n) is 5.36. The van der Waals surface area contributed by atoms with Gasteiger partial charge in [0, 0.05) is 11.1 Å². The minimum Gasteiger partial charge on any atom is -0.287 e. The molecule has 1 aromatic carbocycles. The van der Waals surface area contributed by atoms with Crippen LogP contribution in [-0.4, -0.2) is 36.0 Å². The Kier molecular flexibility index (Phi) is 1.53. The minimum absolute atomic E-state index is 0.123. The largest absolute Gasteiger partial charge is 0.292 e. The van der Waals surface area contributed by atoms with E-state index in [-0.39, 0.29) is 11.6 Å². The van der Waals surface area contributed by atoms with E-state index in [0.29, 0.717) is 17.0 Å². The summed E-state index contributed by atoms with van der Waals surface area (Å²) in [4.78, 5) is 16.4. The Morgan fingerprint density at radius 3 is 2.94 bits per heavy atom. The summed E-state index contributed by atoms with van der Waals surface area (Å²) in [7, 11) is 0. The van der Waals surface area contributed by atoms with Gasteiger partial charge >= 0.3 is 0 Å². The van der Waals surface area contributed by atoms with E-state index >= 15 is 0 Å². The van der Waals surface area contributed by atoms with Crippen LogP contribution in [-0.2, 0) is 0 Å². The molecule has 1 aliphatic rings. The third-order valence-electron chi connectivity index (χ3n) is 2.96. The van der Waals surface area contributed by atoms with Crippen LogP contribution in [0.25, 0.3) is 17.0 Å². The third-order valence-corrected chi connectivity index (χ3v) is 2.96. The SMILES string of the molecule is Cc1ccc2c(c1)C(=O)c1nc3nnnn3nc1-2. The van der Waals surface area contributed by atoms with Gasteiger partial charge in [-0.05, 0) is 23.4 Å². The topological polar surface area (TPSA) is 85.9 Å². The summed E-state index contributed by atoms with van der Waals surface area (Å²) in [6.45, 7) is 1.94. The molecule has 86 valence electrons. The summed E-state index contributed by atoms with van der Waals surface area (Å²) in [5.74, 6) is 0.105. The number of aryl methyl sites for hydroxylation is 1. The standard InChI is InChI=1S/C11H6N6O/c1-5-2-3-6-7(4-5)10(18)9-8(6)14-17-11(12-9)13-15-16-17/h2-4H,1H3. The van der Waals surface area contributed by atoms with Crippen LogP contribution in [0.4, 0.5) is 0 Å². The average Bonchev–Trinajstić information content (AvgIpc) is 2.92. The van der Waals surface area contributed by atoms with E-state index in [9.17, 15) is 4.79 Å². The predicted octanol–water partition coefficient (Wildman–Crippen LogP) is 0.434. The number of rotatable bonds is 0. The van der Waals surface area contributed by atoms with Gasteiger partial charge in [0.05, 0.1) is 0 Å². The van der Waals surface area contributed by atoms with E-state index in [1.165, 1.54) is 4.63 Å². The highest BCUT2D eigenvalue weighted by Gasteiger charge is 2.31. The summed E-state index contributed by atoms with van der Waals surface area (Å²) in [6, 6.07) is 5.65. The van der Waals surface area contributed by atoms with Crippen molar-refractivity contribution in [1.29, 1.82) is 0 Å². The highest BCUT2D eigenvalue weighted by molar-refractivity contribution is 6.19. The van der Waals surface area contributed by atoms with Crippen molar-refractivity contribution < 1.29 is 4.79 Å². The lowest BCUT2D eigenvalue weighted by atomic mass is 10.1. The Morgan fingerprint density at radius 2 is 2.06 bits per heavy atom. The van der Waals surface area contributed by atoms with Gasteiger partial charge in [-0.1, -0.05) is 27.4 Å². The zero-order chi connectivity index (χ0) is 12.3. The van der Waals surface area contributed by atoms with Gasteiger partial charge in [-0.2, -0.15) is 0 Å². The molecule has 3 aromatic rings. The molecule has 0 atom stereocenters. The molecule has 0 radical (unpaired) electrons. The molecule has 1 aliphatic carbocycles. The maximum atomic E-state index is 12.2. The number of carbonyl (C=O) groups excluding carboxylic acids is 1. The van der Waals surface area contributed by atoms with E-state index in [1.807, 2.05) is 25.1 Å². The van der Waals surface area contributed by atoms with E-state index in [4.69, 9.17) is 0 Å². The van der Waals surface area contributed by atoms with Crippen molar-refractivity contribution in [1.82, 2.24) is 30.2 Å². The molecule has 4 rings (SSSR count). The highest BCUT2D eigenvalue weighted by Crippen LogP contribution is 2.33. The van der Waals surface area contributed by atoms with Gasteiger partial charge in [0.25, 0.3) is 5.78 Å². The van der Waals surface area contributed by atoms with E-state index in [1.54, 1.807) is 0 Å². The van der Waals surface area contributed by atoms with Crippen molar-refractivity contribution in [3.63, 3.8) is 0 Å². The number of hydrogen-bond acceptors (Lipinski definition) is 6. The molecule has 0 aliphatic heterocycles. The Balaban J connectivity index is 2.12. The number of fused-ring (bicyclic) bond motifs is 4. The van der Waals surface area contributed by atoms with Crippen molar-refractivity contribution in [3.8, 4) is 11.3 Å². The molecule has 0 bridgehead atoms. The molecule has 7 heteroatoms. The van der Waals surface area contributed by atoms with Gasteiger partial charge < -0.3 is 0 Å². The second-order valence-electron chi connectivity index (χ2n) is 4.16. The summed E-state index contributed by atoms with van der Waals surface area (Å²) >= 11 is 0. The molecular weight excluding hydrogens is 232 g/mol. The molecule has 0 fully saturated rings. The first-order chi connectivity index (χ1) is 8.74. The monoisotopic (exact) mass is 238 g/mol. The van der Waals surface area contributed by atoms with Crippen LogP contribution in [0.3, 0.4) is 0 Å². The molecule has 7 nitrogen and oxygen atoms in total. The first kappa shape index (κ1) is 9.34. The molecule has 0 saturated carbocycles. The minimum atomic E-state index is -0.123. The molecule has 2 heterocycles. The lowest BCUT2D eigenvalue weighted by Crippen LogP contribution is -2.04. The maximum absolute atomic E-state index is 12.2. The van der Waals surface area contributed by atoms with Crippen LogP contribution in [0.2, 0.25) is 0 Å². The molecule has 18 heavy (non-hydrogen) atoms. The van der Waals surface area contributed by atoms with Crippen LogP contribution in [0.5, 0.6) is 0 Å². The Morgan fingerprint density at radius 1 is 1.17 bits per heavy atom. The number of ketones is 1. The van der Waals surface area contributed by atoms with Gasteiger partial charge in [-0.3, -0.25) is 4.79 Å². The smallest absolute Gasteiger partial charge is 0.287 e. The van der Waals surface area contributed by atoms with Crippen LogP contribution >= 0.6 is 0 Å². The van der Waals surface area contributed by atoms with E-state index in [0.717, 1.165) is 11.1 Å². The Hall–Kier alpha value is -2.70. The Bertz CT molecular complexity index is 822. The summed E-state index contributed by atoms with van der Waals surface area (Å²) in [6.07, 6.45) is 0. The fraction of sp³-hybridized carbons (Fsp3) is 0.0909. The van der Waals surface area contributed by atoms with Gasteiger partial charge in [0.15, 0.2) is 0 Å². The second kappa shape index (κ2) is 2.95. The van der Waals surface area contributed by atoms with Crippen molar-refractivity contribution in [2.45, 2.75) is 6.92 Å². The van der Waals surface area contributed by atoms with Crippen LogP contribution in [0, 0.1) is 6.92 Å². The quantitative estimate of drug-likeness (QED) is 0.441. The van der Waals surface area contributed by atoms with Crippen molar-refractivity contribution in [3.05, 3.63) is 35.0 Å². The zero-order valence-corrected chi connectivity index (χ0v) is 9.32. The number of benzene rings is 1. The van der Waals surface area contributed by atoms with Gasteiger partial charge in [-0.25, -0.2) is 4.98 Å². The summed E-state index contributed by atoms with van der Waals surface area (Å²) < 4.78 is 1.22. The van der Waals surface area contributed by atoms with E-state index in [2.05, 4.69) is 25.6 Å². The third kappa shape index (κ3) is 1.03. The maximum Gasteiger partial charge on any atom is 0.292 e. The summed E-state index contributed by atoms with van der Waals surface area (Å²) in [5.41, 5.74) is 3.30. The van der Waals surface area contributed by atoms with Crippen molar-refractivity contribution in [2.24, 2.45) is 0 Å². The predicted molar refractivity (Wildman–Crippen MR) is 60.0 cm³/mol. The summed E-state index contributed by atoms with van der Waals surface area (Å²) in [5, 5.41) is 15.1. The normalized spacial score (nSPS) is 12.8. The second-order valence-corrected chi connectivity index (χ2v) is 4.16.